The van der Waals surface area contributed by atoms with Gasteiger partial charge in [0.05, 0.1) is 24.0 Å². The summed E-state index contributed by atoms with van der Waals surface area (Å²) in [5.74, 6) is 1.54. The molecule has 1 amide bonds. The van der Waals surface area contributed by atoms with Crippen molar-refractivity contribution in [3.8, 4) is 0 Å². The molecule has 0 radical (unpaired) electrons. The molecule has 3 N–H and O–H groups in total. The first-order chi connectivity index (χ1) is 18.4. The molecule has 39 heavy (non-hydrogen) atoms. The van der Waals surface area contributed by atoms with Crippen molar-refractivity contribution < 1.29 is 24.5 Å². The Labute approximate surface area is 233 Å². The van der Waals surface area contributed by atoms with Crippen molar-refractivity contribution in [3.63, 3.8) is 0 Å². The number of benzene rings is 1. The van der Waals surface area contributed by atoms with E-state index in [1.54, 1.807) is 11.0 Å². The second-order valence-electron chi connectivity index (χ2n) is 14.6. The number of aryl methyl sites for hydroxylation is 1. The van der Waals surface area contributed by atoms with Gasteiger partial charge in [-0.3, -0.25) is 4.79 Å². The molecule has 1 aromatic rings. The third kappa shape index (κ3) is 4.22. The number of rotatable bonds is 4. The van der Waals surface area contributed by atoms with Crippen molar-refractivity contribution in [3.05, 3.63) is 29.1 Å². The largest absolute Gasteiger partial charge is 0.393 e. The molecule has 1 heterocycles. The van der Waals surface area contributed by atoms with Gasteiger partial charge in [0.2, 0.25) is 5.91 Å². The van der Waals surface area contributed by atoms with Gasteiger partial charge in [-0.1, -0.05) is 20.8 Å². The van der Waals surface area contributed by atoms with E-state index in [0.29, 0.717) is 42.7 Å². The van der Waals surface area contributed by atoms with Crippen LogP contribution in [0.1, 0.15) is 89.7 Å². The van der Waals surface area contributed by atoms with Gasteiger partial charge in [0.25, 0.3) is 0 Å². The summed E-state index contributed by atoms with van der Waals surface area (Å²) in [7, 11) is 0. The van der Waals surface area contributed by atoms with E-state index in [0.717, 1.165) is 62.6 Å². The Hall–Kier alpha value is -1.50. The highest BCUT2D eigenvalue weighted by Crippen LogP contribution is 2.68. The van der Waals surface area contributed by atoms with Crippen LogP contribution in [0.25, 0.3) is 0 Å². The number of amides is 1. The average molecular weight is 542 g/mol. The maximum atomic E-state index is 14.4. The van der Waals surface area contributed by atoms with Gasteiger partial charge in [-0.2, -0.15) is 0 Å². The molecule has 6 heteroatoms. The topological polar surface area (TPSA) is 81.0 Å². The minimum atomic E-state index is -0.416. The summed E-state index contributed by atoms with van der Waals surface area (Å²) in [5, 5.41) is 33.6. The first kappa shape index (κ1) is 27.7. The van der Waals surface area contributed by atoms with E-state index in [-0.39, 0.29) is 52.5 Å². The van der Waals surface area contributed by atoms with Crippen LogP contribution in [0.3, 0.4) is 0 Å². The number of aliphatic hydroxyl groups excluding tert-OH is 3. The number of halogens is 1. The molecule has 6 rings (SSSR count). The molecular formula is C33H48FNO4. The monoisotopic (exact) mass is 541 g/mol. The molecule has 0 saturated heterocycles. The number of hydrogen-bond acceptors (Lipinski definition) is 4. The fourth-order valence-electron chi connectivity index (χ4n) is 10.7. The zero-order chi connectivity index (χ0) is 27.9. The average Bonchev–Trinajstić information content (AvgIpc) is 3.46. The fourth-order valence-corrected chi connectivity index (χ4v) is 10.7. The molecule has 4 aliphatic carbocycles. The Bertz CT molecular complexity index is 1130. The van der Waals surface area contributed by atoms with Gasteiger partial charge < -0.3 is 20.2 Å². The number of hydrogen-bond donors (Lipinski definition) is 3. The lowest BCUT2D eigenvalue weighted by Gasteiger charge is -2.63. The van der Waals surface area contributed by atoms with Gasteiger partial charge in [-0.15, -0.1) is 0 Å². The summed E-state index contributed by atoms with van der Waals surface area (Å²) in [6.45, 7) is 9.28. The molecule has 4 fully saturated rings. The van der Waals surface area contributed by atoms with Crippen LogP contribution >= 0.6 is 0 Å². The van der Waals surface area contributed by atoms with E-state index in [9.17, 15) is 24.5 Å². The van der Waals surface area contributed by atoms with Crippen LogP contribution in [0, 0.1) is 59.1 Å². The summed E-state index contributed by atoms with van der Waals surface area (Å²) >= 11 is 0. The first-order valence-electron chi connectivity index (χ1n) is 15.6. The van der Waals surface area contributed by atoms with Crippen LogP contribution in [0.2, 0.25) is 0 Å². The minimum absolute atomic E-state index is 0.0655. The van der Waals surface area contributed by atoms with E-state index in [4.69, 9.17) is 0 Å². The summed E-state index contributed by atoms with van der Waals surface area (Å²) in [6.07, 6.45) is 6.84. The summed E-state index contributed by atoms with van der Waals surface area (Å²) in [4.78, 5) is 15.1. The Balaban J connectivity index is 1.16. The maximum Gasteiger partial charge on any atom is 0.227 e. The van der Waals surface area contributed by atoms with Crippen LogP contribution in [0.5, 0.6) is 0 Å². The summed E-state index contributed by atoms with van der Waals surface area (Å²) in [5.41, 5.74) is 2.04. The zero-order valence-electron chi connectivity index (χ0n) is 24.2. The van der Waals surface area contributed by atoms with Crippen LogP contribution in [0.15, 0.2) is 12.1 Å². The van der Waals surface area contributed by atoms with E-state index in [2.05, 4.69) is 20.8 Å². The lowest BCUT2D eigenvalue weighted by atomic mass is 9.43. The van der Waals surface area contributed by atoms with E-state index in [1.807, 2.05) is 13.0 Å². The standard InChI is InChI=1S/C33H48FNO4/c1-18-13-26(34)22-10-12-35(27(22)14-18)30(39)8-5-19(2)23-6-7-24-31-25(17-29(38)33(23,24)4)32(3)11-9-21(36)15-20(32)16-28(31)37/h13-14,19-21,23-25,28-29,31,36-38H,5-12,15-17H2,1-4H3/t19-,20+,21-,23-,24+,25+,28-,29+,31+,32+,33-/m1/s1. The predicted octanol–water partition coefficient (Wildman–Crippen LogP) is 5.40. The molecule has 11 atom stereocenters. The molecule has 5 aliphatic rings. The van der Waals surface area contributed by atoms with E-state index < -0.39 is 6.10 Å². The number of aliphatic hydroxyl groups is 3. The smallest absolute Gasteiger partial charge is 0.227 e. The summed E-state index contributed by atoms with van der Waals surface area (Å²) < 4.78 is 14.4. The highest BCUT2D eigenvalue weighted by molar-refractivity contribution is 5.95. The Morgan fingerprint density at radius 2 is 1.87 bits per heavy atom. The highest BCUT2D eigenvalue weighted by Gasteiger charge is 2.65. The third-order valence-corrected chi connectivity index (χ3v) is 12.8. The van der Waals surface area contributed by atoms with Crippen molar-refractivity contribution >= 4 is 11.6 Å². The van der Waals surface area contributed by atoms with Crippen molar-refractivity contribution in [2.45, 2.75) is 110 Å². The number of carbonyl (C=O) groups excluding carboxylic acids is 1. The Morgan fingerprint density at radius 3 is 2.64 bits per heavy atom. The maximum absolute atomic E-state index is 14.4. The number of nitrogens with zero attached hydrogens (tertiary/aromatic N) is 1. The van der Waals surface area contributed by atoms with Gasteiger partial charge in [0, 0.05) is 18.5 Å². The van der Waals surface area contributed by atoms with Gasteiger partial charge in [-0.25, -0.2) is 4.39 Å². The van der Waals surface area contributed by atoms with Crippen LogP contribution in [0.4, 0.5) is 10.1 Å². The van der Waals surface area contributed by atoms with Crippen LogP contribution < -0.4 is 4.90 Å². The third-order valence-electron chi connectivity index (χ3n) is 12.8. The number of anilines is 1. The second-order valence-corrected chi connectivity index (χ2v) is 14.6. The Morgan fingerprint density at radius 1 is 1.10 bits per heavy atom. The predicted molar refractivity (Wildman–Crippen MR) is 150 cm³/mol. The minimum Gasteiger partial charge on any atom is -0.393 e. The molecule has 1 aromatic carbocycles. The zero-order valence-corrected chi connectivity index (χ0v) is 24.2. The lowest BCUT2D eigenvalue weighted by molar-refractivity contribution is -0.207. The first-order valence-corrected chi connectivity index (χ1v) is 15.6. The molecule has 0 unspecified atom stereocenters. The molecule has 4 saturated carbocycles. The number of carbonyl (C=O) groups is 1. The van der Waals surface area contributed by atoms with Crippen molar-refractivity contribution in [1.82, 2.24) is 0 Å². The molecular weight excluding hydrogens is 493 g/mol. The molecule has 216 valence electrons. The van der Waals surface area contributed by atoms with Gasteiger partial charge in [-0.05, 0) is 129 Å². The second kappa shape index (κ2) is 9.80. The van der Waals surface area contributed by atoms with Crippen LogP contribution in [-0.2, 0) is 11.2 Å². The van der Waals surface area contributed by atoms with Crippen LogP contribution in [-0.4, -0.2) is 46.1 Å². The van der Waals surface area contributed by atoms with Crippen molar-refractivity contribution in [1.29, 1.82) is 0 Å². The van der Waals surface area contributed by atoms with Crippen molar-refractivity contribution in [2.75, 3.05) is 11.4 Å². The Kier molecular flexibility index (Phi) is 6.95. The molecule has 0 spiro atoms. The van der Waals surface area contributed by atoms with Crippen molar-refractivity contribution in [2.24, 2.45) is 46.3 Å². The molecule has 0 aromatic heterocycles. The lowest BCUT2D eigenvalue weighted by Crippen LogP contribution is -2.62. The molecule has 5 nitrogen and oxygen atoms in total. The SMILES string of the molecule is Cc1cc(F)c2c(c1)N(C(=O)CC[C@@H](C)[C@H]1CC[C@H]3[C@@H]4[C@H](O)C[C@@H]5C[C@H](O)CC[C@]5(C)[C@H]4C[C@H](O)[C@]13C)CC2. The molecule has 0 bridgehead atoms. The van der Waals surface area contributed by atoms with E-state index in [1.165, 1.54) is 0 Å². The number of fused-ring (bicyclic) bond motifs is 6. The van der Waals surface area contributed by atoms with Gasteiger partial charge >= 0.3 is 0 Å². The highest BCUT2D eigenvalue weighted by atomic mass is 19.1. The quantitative estimate of drug-likeness (QED) is 0.477. The van der Waals surface area contributed by atoms with Gasteiger partial charge in [0.1, 0.15) is 5.82 Å². The summed E-state index contributed by atoms with van der Waals surface area (Å²) in [6, 6.07) is 3.48. The normalized spacial score (nSPS) is 43.8. The molecule has 1 aliphatic heterocycles. The fraction of sp³-hybridized carbons (Fsp3) is 0.788. The van der Waals surface area contributed by atoms with E-state index >= 15 is 0 Å². The van der Waals surface area contributed by atoms with Gasteiger partial charge in [0.15, 0.2) is 0 Å².